The van der Waals surface area contributed by atoms with E-state index < -0.39 is 0 Å². The Hall–Kier alpha value is -1.02. The second-order valence-electron chi connectivity index (χ2n) is 4.92. The van der Waals surface area contributed by atoms with Crippen LogP contribution in [0, 0.1) is 5.92 Å². The zero-order valence-electron chi connectivity index (χ0n) is 9.02. The van der Waals surface area contributed by atoms with Gasteiger partial charge in [0, 0.05) is 24.8 Å². The third kappa shape index (κ3) is 1.63. The summed E-state index contributed by atoms with van der Waals surface area (Å²) in [6.07, 6.45) is 3.66. The maximum Gasteiger partial charge on any atom is 0.0399 e. The lowest BCUT2D eigenvalue weighted by Gasteiger charge is -2.36. The first-order chi connectivity index (χ1) is 7.33. The highest BCUT2D eigenvalue weighted by molar-refractivity contribution is 5.57. The van der Waals surface area contributed by atoms with Crippen LogP contribution < -0.4 is 10.6 Å². The molecule has 0 amide bonds. The molecule has 1 fully saturated rings. The first-order valence-electron chi connectivity index (χ1n) is 5.91. The molecule has 0 spiro atoms. The van der Waals surface area contributed by atoms with Crippen molar-refractivity contribution in [1.29, 1.82) is 0 Å². The van der Waals surface area contributed by atoms with E-state index in [1.165, 1.54) is 43.6 Å². The van der Waals surface area contributed by atoms with Crippen LogP contribution in [0.15, 0.2) is 24.3 Å². The number of hydrogen-bond donors (Lipinski definition) is 1. The maximum absolute atomic E-state index is 5.82. The van der Waals surface area contributed by atoms with E-state index in [0.29, 0.717) is 6.04 Å². The van der Waals surface area contributed by atoms with Crippen molar-refractivity contribution in [2.75, 3.05) is 18.0 Å². The van der Waals surface area contributed by atoms with Gasteiger partial charge < -0.3 is 10.6 Å². The highest BCUT2D eigenvalue weighted by Gasteiger charge is 2.29. The molecule has 0 atom stereocenters. The van der Waals surface area contributed by atoms with Gasteiger partial charge in [0.05, 0.1) is 0 Å². The van der Waals surface area contributed by atoms with E-state index in [9.17, 15) is 0 Å². The lowest BCUT2D eigenvalue weighted by molar-refractivity contribution is 0.269. The summed E-state index contributed by atoms with van der Waals surface area (Å²) < 4.78 is 0. The van der Waals surface area contributed by atoms with Crippen LogP contribution in [0.2, 0.25) is 0 Å². The quantitative estimate of drug-likeness (QED) is 0.792. The summed E-state index contributed by atoms with van der Waals surface area (Å²) in [7, 11) is 0. The molecule has 1 aliphatic carbocycles. The zero-order valence-corrected chi connectivity index (χ0v) is 9.02. The Bertz CT molecular complexity index is 355. The van der Waals surface area contributed by atoms with E-state index in [0.717, 1.165) is 5.92 Å². The standard InChI is InChI=1S/C13H18N2/c14-12-7-10(8-12)9-15-6-5-11-3-1-2-4-13(11)15/h1-4,10,12H,5-9,14H2. The molecule has 1 saturated carbocycles. The van der Waals surface area contributed by atoms with Crippen molar-refractivity contribution in [1.82, 2.24) is 0 Å². The number of fused-ring (bicyclic) bond motifs is 1. The molecule has 0 radical (unpaired) electrons. The highest BCUT2D eigenvalue weighted by Crippen LogP contribution is 2.32. The fourth-order valence-electron chi connectivity index (χ4n) is 2.84. The summed E-state index contributed by atoms with van der Waals surface area (Å²) in [6, 6.07) is 9.27. The van der Waals surface area contributed by atoms with Gasteiger partial charge in [0.15, 0.2) is 0 Å². The Labute approximate surface area is 91.1 Å². The SMILES string of the molecule is NC1CC(CN2CCc3ccccc32)C1. The van der Waals surface area contributed by atoms with E-state index >= 15 is 0 Å². The molecule has 3 rings (SSSR count). The number of nitrogens with two attached hydrogens (primary N) is 1. The summed E-state index contributed by atoms with van der Waals surface area (Å²) in [5, 5.41) is 0. The summed E-state index contributed by atoms with van der Waals surface area (Å²) in [6.45, 7) is 2.41. The van der Waals surface area contributed by atoms with Crippen molar-refractivity contribution < 1.29 is 0 Å². The van der Waals surface area contributed by atoms with E-state index in [1.54, 1.807) is 0 Å². The molecule has 1 aromatic carbocycles. The van der Waals surface area contributed by atoms with E-state index in [2.05, 4.69) is 29.2 Å². The molecular formula is C13H18N2. The summed E-state index contributed by atoms with van der Waals surface area (Å²) in [5.41, 5.74) is 8.79. The molecule has 0 bridgehead atoms. The predicted molar refractivity (Wildman–Crippen MR) is 63.1 cm³/mol. The van der Waals surface area contributed by atoms with Crippen LogP contribution in [-0.4, -0.2) is 19.1 Å². The van der Waals surface area contributed by atoms with Crippen LogP contribution in [0.4, 0.5) is 5.69 Å². The van der Waals surface area contributed by atoms with E-state index in [-0.39, 0.29) is 0 Å². The van der Waals surface area contributed by atoms with Gasteiger partial charge in [0.2, 0.25) is 0 Å². The molecule has 2 nitrogen and oxygen atoms in total. The largest absolute Gasteiger partial charge is 0.371 e. The van der Waals surface area contributed by atoms with Crippen molar-refractivity contribution >= 4 is 5.69 Å². The van der Waals surface area contributed by atoms with Crippen molar-refractivity contribution in [3.63, 3.8) is 0 Å². The van der Waals surface area contributed by atoms with Crippen LogP contribution in [0.1, 0.15) is 18.4 Å². The minimum Gasteiger partial charge on any atom is -0.371 e. The highest BCUT2D eigenvalue weighted by atomic mass is 15.1. The molecule has 2 heteroatoms. The topological polar surface area (TPSA) is 29.3 Å². The second kappa shape index (κ2) is 3.53. The summed E-state index contributed by atoms with van der Waals surface area (Å²) in [4.78, 5) is 2.53. The minimum absolute atomic E-state index is 0.479. The Morgan fingerprint density at radius 2 is 2.07 bits per heavy atom. The lowest BCUT2D eigenvalue weighted by atomic mass is 9.80. The molecule has 0 unspecified atom stereocenters. The zero-order chi connectivity index (χ0) is 10.3. The fourth-order valence-corrected chi connectivity index (χ4v) is 2.84. The first-order valence-corrected chi connectivity index (χ1v) is 5.91. The van der Waals surface area contributed by atoms with Gasteiger partial charge in [0.25, 0.3) is 0 Å². The molecule has 2 aliphatic rings. The molecule has 0 aromatic heterocycles. The number of hydrogen-bond acceptors (Lipinski definition) is 2. The van der Waals surface area contributed by atoms with E-state index in [4.69, 9.17) is 5.73 Å². The van der Waals surface area contributed by atoms with Gasteiger partial charge in [-0.05, 0) is 36.8 Å². The van der Waals surface area contributed by atoms with Crippen LogP contribution in [0.3, 0.4) is 0 Å². The van der Waals surface area contributed by atoms with Crippen LogP contribution in [0.25, 0.3) is 0 Å². The monoisotopic (exact) mass is 202 g/mol. The van der Waals surface area contributed by atoms with Crippen LogP contribution >= 0.6 is 0 Å². The van der Waals surface area contributed by atoms with Crippen LogP contribution in [-0.2, 0) is 6.42 Å². The fraction of sp³-hybridized carbons (Fsp3) is 0.538. The van der Waals surface area contributed by atoms with Crippen molar-refractivity contribution in [2.24, 2.45) is 11.7 Å². The van der Waals surface area contributed by atoms with Crippen LogP contribution in [0.5, 0.6) is 0 Å². The van der Waals surface area contributed by atoms with Gasteiger partial charge in [-0.2, -0.15) is 0 Å². The number of para-hydroxylation sites is 1. The third-order valence-corrected chi connectivity index (χ3v) is 3.73. The number of rotatable bonds is 2. The second-order valence-corrected chi connectivity index (χ2v) is 4.92. The number of nitrogens with zero attached hydrogens (tertiary/aromatic N) is 1. The summed E-state index contributed by atoms with van der Waals surface area (Å²) in [5.74, 6) is 0.839. The predicted octanol–water partition coefficient (Wildman–Crippen LogP) is 1.79. The minimum atomic E-state index is 0.479. The normalized spacial score (nSPS) is 28.7. The van der Waals surface area contributed by atoms with Crippen molar-refractivity contribution in [3.8, 4) is 0 Å². The van der Waals surface area contributed by atoms with Gasteiger partial charge >= 0.3 is 0 Å². The maximum atomic E-state index is 5.82. The van der Waals surface area contributed by atoms with Gasteiger partial charge in [-0.3, -0.25) is 0 Å². The molecule has 2 N–H and O–H groups in total. The Balaban J connectivity index is 1.69. The Morgan fingerprint density at radius 1 is 1.27 bits per heavy atom. The van der Waals surface area contributed by atoms with Crippen molar-refractivity contribution in [3.05, 3.63) is 29.8 Å². The Kier molecular flexibility index (Phi) is 2.17. The molecular weight excluding hydrogens is 184 g/mol. The van der Waals surface area contributed by atoms with E-state index in [1.807, 2.05) is 0 Å². The third-order valence-electron chi connectivity index (χ3n) is 3.73. The summed E-state index contributed by atoms with van der Waals surface area (Å²) >= 11 is 0. The van der Waals surface area contributed by atoms with Gasteiger partial charge in [-0.25, -0.2) is 0 Å². The smallest absolute Gasteiger partial charge is 0.0399 e. The number of benzene rings is 1. The lowest BCUT2D eigenvalue weighted by Crippen LogP contribution is -2.42. The average Bonchev–Trinajstić information content (AvgIpc) is 2.60. The van der Waals surface area contributed by atoms with Gasteiger partial charge in [-0.1, -0.05) is 18.2 Å². The van der Waals surface area contributed by atoms with Gasteiger partial charge in [0.1, 0.15) is 0 Å². The molecule has 1 aromatic rings. The first kappa shape index (κ1) is 9.22. The number of anilines is 1. The molecule has 0 saturated heterocycles. The molecule has 80 valence electrons. The molecule has 15 heavy (non-hydrogen) atoms. The Morgan fingerprint density at radius 3 is 2.87 bits per heavy atom. The average molecular weight is 202 g/mol. The van der Waals surface area contributed by atoms with Crippen molar-refractivity contribution in [2.45, 2.75) is 25.3 Å². The molecule has 1 heterocycles. The molecule has 1 aliphatic heterocycles. The van der Waals surface area contributed by atoms with Gasteiger partial charge in [-0.15, -0.1) is 0 Å².